The summed E-state index contributed by atoms with van der Waals surface area (Å²) in [5.74, 6) is 0.250. The van der Waals surface area contributed by atoms with Gasteiger partial charge in [0.15, 0.2) is 0 Å². The van der Waals surface area contributed by atoms with Gasteiger partial charge in [0.05, 0.1) is 12.2 Å². The van der Waals surface area contributed by atoms with Crippen LogP contribution in [0.1, 0.15) is 75.6 Å². The van der Waals surface area contributed by atoms with Crippen LogP contribution < -0.4 is 0 Å². The first-order chi connectivity index (χ1) is 10.7. The van der Waals surface area contributed by atoms with Gasteiger partial charge in [-0.2, -0.15) is 0 Å². The maximum absolute atomic E-state index is 12.0. The van der Waals surface area contributed by atoms with Gasteiger partial charge >= 0.3 is 5.97 Å². The van der Waals surface area contributed by atoms with Crippen molar-refractivity contribution >= 4 is 17.6 Å². The smallest absolute Gasteiger partial charge is 0.338 e. The second-order valence-electron chi connectivity index (χ2n) is 5.96. The number of unbranched alkanes of at least 4 members (excludes halogenated alkanes) is 4. The topological polar surface area (TPSA) is 26.3 Å². The second-order valence-corrected chi connectivity index (χ2v) is 6.40. The van der Waals surface area contributed by atoms with Crippen molar-refractivity contribution in [3.8, 4) is 0 Å². The summed E-state index contributed by atoms with van der Waals surface area (Å²) < 4.78 is 5.50. The highest BCUT2D eigenvalue weighted by atomic mass is 35.5. The number of rotatable bonds is 11. The van der Waals surface area contributed by atoms with Gasteiger partial charge in [0, 0.05) is 5.02 Å². The fourth-order valence-electron chi connectivity index (χ4n) is 2.53. The van der Waals surface area contributed by atoms with E-state index in [9.17, 15) is 4.79 Å². The lowest BCUT2D eigenvalue weighted by Gasteiger charge is -2.16. The quantitative estimate of drug-likeness (QED) is 0.354. The maximum atomic E-state index is 12.0. The van der Waals surface area contributed by atoms with E-state index in [0.29, 0.717) is 23.1 Å². The van der Waals surface area contributed by atoms with E-state index in [1.165, 1.54) is 38.5 Å². The van der Waals surface area contributed by atoms with Crippen LogP contribution >= 0.6 is 11.6 Å². The Hall–Kier alpha value is -1.02. The van der Waals surface area contributed by atoms with Crippen molar-refractivity contribution in [2.75, 3.05) is 6.61 Å². The average Bonchev–Trinajstić information content (AvgIpc) is 2.53. The average molecular weight is 325 g/mol. The summed E-state index contributed by atoms with van der Waals surface area (Å²) in [4.78, 5) is 12.0. The molecule has 2 nitrogen and oxygen atoms in total. The van der Waals surface area contributed by atoms with Crippen LogP contribution in [0.2, 0.25) is 5.02 Å². The molecule has 0 spiro atoms. The zero-order valence-electron chi connectivity index (χ0n) is 13.9. The van der Waals surface area contributed by atoms with E-state index < -0.39 is 0 Å². The summed E-state index contributed by atoms with van der Waals surface area (Å²) in [6.07, 6.45) is 9.78. The molecule has 0 saturated carbocycles. The van der Waals surface area contributed by atoms with E-state index >= 15 is 0 Å². The molecule has 0 fully saturated rings. The number of ether oxygens (including phenoxy) is 1. The van der Waals surface area contributed by atoms with E-state index in [1.54, 1.807) is 24.3 Å². The molecular formula is C19H29ClO2. The Bertz CT molecular complexity index is 414. The van der Waals surface area contributed by atoms with Crippen LogP contribution in [0.5, 0.6) is 0 Å². The minimum atomic E-state index is -0.244. The van der Waals surface area contributed by atoms with Gasteiger partial charge in [0.25, 0.3) is 0 Å². The number of halogens is 1. The monoisotopic (exact) mass is 324 g/mol. The summed E-state index contributed by atoms with van der Waals surface area (Å²) in [5.41, 5.74) is 0.574. The van der Waals surface area contributed by atoms with Crippen LogP contribution in [0.25, 0.3) is 0 Å². The fraction of sp³-hybridized carbons (Fsp3) is 0.632. The fourth-order valence-corrected chi connectivity index (χ4v) is 2.65. The molecule has 22 heavy (non-hydrogen) atoms. The van der Waals surface area contributed by atoms with Gasteiger partial charge in [0.1, 0.15) is 0 Å². The molecule has 3 heteroatoms. The van der Waals surface area contributed by atoms with E-state index in [4.69, 9.17) is 16.3 Å². The third-order valence-corrected chi connectivity index (χ3v) is 4.21. The Kier molecular flexibility index (Phi) is 9.98. The van der Waals surface area contributed by atoms with Crippen LogP contribution in [-0.2, 0) is 4.74 Å². The van der Waals surface area contributed by atoms with Crippen molar-refractivity contribution in [3.63, 3.8) is 0 Å². The lowest BCUT2D eigenvalue weighted by Crippen LogP contribution is -2.14. The number of hydrogen-bond acceptors (Lipinski definition) is 2. The standard InChI is InChI=1S/C19H29ClO2/c1-3-5-7-8-10-16(9-6-4-2)15-22-19(21)17-11-13-18(20)14-12-17/h11-14,16H,3-10,15H2,1-2H3/t16-/m0/s1. The van der Waals surface area contributed by atoms with Gasteiger partial charge < -0.3 is 4.74 Å². The Labute approximate surface area is 140 Å². The van der Waals surface area contributed by atoms with Crippen molar-refractivity contribution in [1.82, 2.24) is 0 Å². The van der Waals surface area contributed by atoms with Crippen molar-refractivity contribution in [1.29, 1.82) is 0 Å². The summed E-state index contributed by atoms with van der Waals surface area (Å²) in [6.45, 7) is 4.96. The van der Waals surface area contributed by atoms with Gasteiger partial charge in [-0.1, -0.05) is 64.0 Å². The number of carbonyl (C=O) groups excluding carboxylic acids is 1. The Morgan fingerprint density at radius 1 is 1.00 bits per heavy atom. The molecule has 1 aromatic rings. The van der Waals surface area contributed by atoms with E-state index in [2.05, 4.69) is 13.8 Å². The van der Waals surface area contributed by atoms with Gasteiger partial charge in [0.2, 0.25) is 0 Å². The minimum Gasteiger partial charge on any atom is -0.462 e. The highest BCUT2D eigenvalue weighted by Gasteiger charge is 2.13. The minimum absolute atomic E-state index is 0.244. The van der Waals surface area contributed by atoms with Gasteiger partial charge in [-0.15, -0.1) is 0 Å². The third-order valence-electron chi connectivity index (χ3n) is 3.96. The van der Waals surface area contributed by atoms with Gasteiger partial charge in [-0.05, 0) is 43.0 Å². The molecule has 0 heterocycles. The van der Waals surface area contributed by atoms with Crippen LogP contribution in [0.4, 0.5) is 0 Å². The predicted octanol–water partition coefficient (Wildman–Crippen LogP) is 6.27. The summed E-state index contributed by atoms with van der Waals surface area (Å²) in [5, 5.41) is 0.633. The molecule has 0 aliphatic heterocycles. The predicted molar refractivity (Wildman–Crippen MR) is 93.5 cm³/mol. The Morgan fingerprint density at radius 2 is 1.64 bits per heavy atom. The molecule has 1 rings (SSSR count). The first-order valence-corrected chi connectivity index (χ1v) is 8.97. The van der Waals surface area contributed by atoms with Crippen molar-refractivity contribution in [3.05, 3.63) is 34.9 Å². The number of hydrogen-bond donors (Lipinski definition) is 0. The number of carbonyl (C=O) groups is 1. The largest absolute Gasteiger partial charge is 0.462 e. The molecule has 1 atom stereocenters. The molecule has 0 radical (unpaired) electrons. The van der Waals surface area contributed by atoms with Crippen molar-refractivity contribution in [2.45, 2.75) is 65.2 Å². The Balaban J connectivity index is 2.40. The van der Waals surface area contributed by atoms with Crippen LogP contribution in [0.15, 0.2) is 24.3 Å². The zero-order valence-corrected chi connectivity index (χ0v) is 14.7. The Morgan fingerprint density at radius 3 is 2.27 bits per heavy atom. The van der Waals surface area contributed by atoms with Crippen LogP contribution in [-0.4, -0.2) is 12.6 Å². The number of benzene rings is 1. The zero-order chi connectivity index (χ0) is 16.2. The van der Waals surface area contributed by atoms with Crippen LogP contribution in [0.3, 0.4) is 0 Å². The lowest BCUT2D eigenvalue weighted by atomic mass is 9.96. The van der Waals surface area contributed by atoms with E-state index in [1.807, 2.05) is 0 Å². The summed E-state index contributed by atoms with van der Waals surface area (Å²) >= 11 is 5.83. The highest BCUT2D eigenvalue weighted by molar-refractivity contribution is 6.30. The van der Waals surface area contributed by atoms with E-state index in [-0.39, 0.29) is 5.97 Å². The maximum Gasteiger partial charge on any atom is 0.338 e. The van der Waals surface area contributed by atoms with Crippen molar-refractivity contribution in [2.24, 2.45) is 5.92 Å². The normalized spacial score (nSPS) is 12.1. The van der Waals surface area contributed by atoms with Crippen molar-refractivity contribution < 1.29 is 9.53 Å². The molecule has 0 aliphatic carbocycles. The van der Waals surface area contributed by atoms with Crippen LogP contribution in [0, 0.1) is 5.92 Å². The molecule has 0 unspecified atom stereocenters. The molecule has 0 bridgehead atoms. The molecule has 0 saturated heterocycles. The summed E-state index contributed by atoms with van der Waals surface area (Å²) in [6, 6.07) is 6.87. The summed E-state index contributed by atoms with van der Waals surface area (Å²) in [7, 11) is 0. The SMILES string of the molecule is CCCCCC[C@H](CCCC)COC(=O)c1ccc(Cl)cc1. The van der Waals surface area contributed by atoms with Gasteiger partial charge in [-0.25, -0.2) is 4.79 Å². The molecule has 0 amide bonds. The third kappa shape index (κ3) is 7.84. The molecule has 0 N–H and O–H groups in total. The molecule has 1 aromatic carbocycles. The molecule has 0 aliphatic rings. The molecular weight excluding hydrogens is 296 g/mol. The number of esters is 1. The van der Waals surface area contributed by atoms with Gasteiger partial charge in [-0.3, -0.25) is 0 Å². The first kappa shape index (κ1) is 19.0. The first-order valence-electron chi connectivity index (χ1n) is 8.60. The van der Waals surface area contributed by atoms with E-state index in [0.717, 1.165) is 12.8 Å². The lowest BCUT2D eigenvalue weighted by molar-refractivity contribution is 0.0422. The molecule has 0 aromatic heterocycles. The molecule has 124 valence electrons. The highest BCUT2D eigenvalue weighted by Crippen LogP contribution is 2.19. The second kappa shape index (κ2) is 11.5.